The largest absolute Gasteiger partial charge is 0.444 e. The molecule has 1 unspecified atom stereocenters. The molecule has 2 saturated heterocycles. The average molecular weight is 280 g/mol. The zero-order chi connectivity index (χ0) is 14.9. The molecule has 2 N–H and O–H groups in total. The number of ether oxygens (including phenoxy) is 1. The van der Waals surface area contributed by atoms with Crippen molar-refractivity contribution in [2.75, 3.05) is 13.1 Å². The SMILES string of the molecule is CC(C)(C)OC(=O)N1C[C@@H]2C[C@H]1C2[C@@H]1[C@@H](CN)C1(C)C. The van der Waals surface area contributed by atoms with Crippen molar-refractivity contribution in [1.82, 2.24) is 4.90 Å². The molecule has 4 aliphatic rings. The minimum Gasteiger partial charge on any atom is -0.444 e. The molecule has 5 atom stereocenters. The van der Waals surface area contributed by atoms with E-state index < -0.39 is 5.60 Å². The van der Waals surface area contributed by atoms with Crippen molar-refractivity contribution in [3.63, 3.8) is 0 Å². The molecule has 2 aliphatic carbocycles. The highest BCUT2D eigenvalue weighted by molar-refractivity contribution is 5.70. The number of carbonyl (C=O) groups excluding carboxylic acids is 1. The van der Waals surface area contributed by atoms with Crippen LogP contribution in [0.1, 0.15) is 41.0 Å². The van der Waals surface area contributed by atoms with Crippen LogP contribution in [-0.2, 0) is 4.74 Å². The van der Waals surface area contributed by atoms with Gasteiger partial charge in [-0.05, 0) is 62.8 Å². The summed E-state index contributed by atoms with van der Waals surface area (Å²) < 4.78 is 5.53. The van der Waals surface area contributed by atoms with Crippen LogP contribution in [0.3, 0.4) is 0 Å². The number of nitrogens with two attached hydrogens (primary N) is 1. The lowest BCUT2D eigenvalue weighted by atomic mass is 9.69. The van der Waals surface area contributed by atoms with Gasteiger partial charge in [-0.3, -0.25) is 0 Å². The van der Waals surface area contributed by atoms with Gasteiger partial charge >= 0.3 is 6.09 Å². The van der Waals surface area contributed by atoms with E-state index in [1.165, 1.54) is 0 Å². The minimum absolute atomic E-state index is 0.129. The Kier molecular flexibility index (Phi) is 2.92. The van der Waals surface area contributed by atoms with Crippen molar-refractivity contribution in [3.8, 4) is 0 Å². The zero-order valence-corrected chi connectivity index (χ0v) is 13.3. The fraction of sp³-hybridized carbons (Fsp3) is 0.938. The summed E-state index contributed by atoms with van der Waals surface area (Å²) in [6.07, 6.45) is 1.03. The maximum absolute atomic E-state index is 12.3. The molecule has 2 heterocycles. The van der Waals surface area contributed by atoms with E-state index in [0.29, 0.717) is 35.1 Å². The molecule has 0 aromatic heterocycles. The molecule has 1 amide bonds. The molecule has 4 rings (SSSR count). The molecule has 0 aromatic carbocycles. The van der Waals surface area contributed by atoms with Gasteiger partial charge in [-0.2, -0.15) is 0 Å². The average Bonchev–Trinajstić information content (AvgIpc) is 2.71. The molecular weight excluding hydrogens is 252 g/mol. The minimum atomic E-state index is -0.405. The molecule has 4 nitrogen and oxygen atoms in total. The Labute approximate surface area is 122 Å². The van der Waals surface area contributed by atoms with Crippen molar-refractivity contribution < 1.29 is 9.53 Å². The first-order chi connectivity index (χ1) is 9.16. The lowest BCUT2D eigenvalue weighted by molar-refractivity contribution is 0.0177. The molecule has 20 heavy (non-hydrogen) atoms. The van der Waals surface area contributed by atoms with E-state index in [1.807, 2.05) is 25.7 Å². The second-order valence-corrected chi connectivity index (χ2v) is 8.46. The maximum atomic E-state index is 12.3. The zero-order valence-electron chi connectivity index (χ0n) is 13.3. The molecule has 114 valence electrons. The first-order valence-corrected chi connectivity index (χ1v) is 7.86. The van der Waals surface area contributed by atoms with Crippen molar-refractivity contribution in [1.29, 1.82) is 0 Å². The maximum Gasteiger partial charge on any atom is 0.410 e. The molecule has 0 spiro atoms. The van der Waals surface area contributed by atoms with Crippen molar-refractivity contribution in [2.45, 2.75) is 52.7 Å². The molecule has 2 saturated carbocycles. The summed E-state index contributed by atoms with van der Waals surface area (Å²) >= 11 is 0. The number of carbonyl (C=O) groups is 1. The Balaban J connectivity index is 1.66. The monoisotopic (exact) mass is 280 g/mol. The summed E-state index contributed by atoms with van der Waals surface area (Å²) in [7, 11) is 0. The predicted molar refractivity (Wildman–Crippen MR) is 78.1 cm³/mol. The number of amides is 1. The van der Waals surface area contributed by atoms with Gasteiger partial charge in [-0.15, -0.1) is 0 Å². The van der Waals surface area contributed by atoms with Crippen LogP contribution in [0.25, 0.3) is 0 Å². The fourth-order valence-electron chi connectivity index (χ4n) is 4.73. The molecule has 4 heteroatoms. The van der Waals surface area contributed by atoms with Gasteiger partial charge in [0, 0.05) is 12.6 Å². The topological polar surface area (TPSA) is 55.6 Å². The van der Waals surface area contributed by atoms with Crippen molar-refractivity contribution >= 4 is 6.09 Å². The van der Waals surface area contributed by atoms with Gasteiger partial charge in [0.05, 0.1) is 0 Å². The molecule has 0 aromatic rings. The standard InChI is InChI=1S/C16H28N2O2/c1-15(2,3)20-14(19)18-8-9-6-11(18)12(9)13-10(7-17)16(13,4)5/h9-13H,6-8,17H2,1-5H3/t9-,10+,11-,12?,13-/m0/s1. The van der Waals surface area contributed by atoms with Crippen molar-refractivity contribution in [3.05, 3.63) is 0 Å². The second kappa shape index (κ2) is 4.12. The molecular formula is C16H28N2O2. The highest BCUT2D eigenvalue weighted by atomic mass is 16.6. The van der Waals surface area contributed by atoms with Crippen LogP contribution in [0.2, 0.25) is 0 Å². The third-order valence-electron chi connectivity index (χ3n) is 5.80. The van der Waals surface area contributed by atoms with Crippen LogP contribution in [0.4, 0.5) is 4.79 Å². The van der Waals surface area contributed by atoms with E-state index >= 15 is 0 Å². The number of hydrogen-bond acceptors (Lipinski definition) is 3. The van der Waals surface area contributed by atoms with Gasteiger partial charge < -0.3 is 15.4 Å². The first kappa shape index (κ1) is 14.2. The third kappa shape index (κ3) is 1.95. The first-order valence-electron chi connectivity index (χ1n) is 7.86. The van der Waals surface area contributed by atoms with E-state index in [0.717, 1.165) is 19.5 Å². The summed E-state index contributed by atoms with van der Waals surface area (Å²) in [6.45, 7) is 12.1. The summed E-state index contributed by atoms with van der Waals surface area (Å²) in [4.78, 5) is 14.3. The Bertz CT molecular complexity index is 427. The summed E-state index contributed by atoms with van der Waals surface area (Å²) in [5, 5.41) is 0. The number of rotatable bonds is 2. The lowest BCUT2D eigenvalue weighted by Crippen LogP contribution is -2.44. The van der Waals surface area contributed by atoms with Crippen LogP contribution in [0.5, 0.6) is 0 Å². The highest BCUT2D eigenvalue weighted by Gasteiger charge is 2.68. The third-order valence-corrected chi connectivity index (χ3v) is 5.80. The van der Waals surface area contributed by atoms with Crippen molar-refractivity contribution in [2.24, 2.45) is 34.8 Å². The van der Waals surface area contributed by atoms with Gasteiger partial charge in [-0.1, -0.05) is 13.8 Å². The number of nitrogens with zero attached hydrogens (tertiary/aromatic N) is 1. The van der Waals surface area contributed by atoms with Crippen LogP contribution in [0, 0.1) is 29.1 Å². The normalized spacial score (nSPS) is 41.3. The highest BCUT2D eigenvalue weighted by Crippen LogP contribution is 2.68. The van der Waals surface area contributed by atoms with E-state index in [4.69, 9.17) is 10.5 Å². The molecule has 2 aliphatic heterocycles. The Morgan fingerprint density at radius 1 is 1.40 bits per heavy atom. The summed E-state index contributed by atoms with van der Waals surface area (Å²) in [5.74, 6) is 2.67. The number of fused-ring (bicyclic) bond motifs is 1. The van der Waals surface area contributed by atoms with E-state index in [-0.39, 0.29) is 6.09 Å². The Morgan fingerprint density at radius 2 is 2.05 bits per heavy atom. The van der Waals surface area contributed by atoms with Crippen LogP contribution in [-0.4, -0.2) is 35.7 Å². The molecule has 2 bridgehead atoms. The molecule has 0 radical (unpaired) electrons. The number of hydrogen-bond donors (Lipinski definition) is 1. The quantitative estimate of drug-likeness (QED) is 0.845. The van der Waals surface area contributed by atoms with Crippen LogP contribution >= 0.6 is 0 Å². The van der Waals surface area contributed by atoms with E-state index in [2.05, 4.69) is 13.8 Å². The van der Waals surface area contributed by atoms with E-state index in [1.54, 1.807) is 0 Å². The van der Waals surface area contributed by atoms with Crippen LogP contribution in [0.15, 0.2) is 0 Å². The summed E-state index contributed by atoms with van der Waals surface area (Å²) in [6, 6.07) is 0.399. The smallest absolute Gasteiger partial charge is 0.410 e. The molecule has 4 fully saturated rings. The van der Waals surface area contributed by atoms with Gasteiger partial charge in [0.15, 0.2) is 0 Å². The Morgan fingerprint density at radius 3 is 2.55 bits per heavy atom. The van der Waals surface area contributed by atoms with E-state index in [9.17, 15) is 4.79 Å². The predicted octanol–water partition coefficient (Wildman–Crippen LogP) is 2.47. The van der Waals surface area contributed by atoms with Gasteiger partial charge in [0.25, 0.3) is 0 Å². The lowest BCUT2D eigenvalue weighted by Gasteiger charge is -2.38. The summed E-state index contributed by atoms with van der Waals surface area (Å²) in [5.41, 5.74) is 5.86. The van der Waals surface area contributed by atoms with Crippen LogP contribution < -0.4 is 5.73 Å². The van der Waals surface area contributed by atoms with Gasteiger partial charge in [-0.25, -0.2) is 4.79 Å². The second-order valence-electron chi connectivity index (χ2n) is 8.46. The van der Waals surface area contributed by atoms with Gasteiger partial charge in [0.2, 0.25) is 0 Å². The fourth-order valence-corrected chi connectivity index (χ4v) is 4.73. The Hall–Kier alpha value is -0.770. The van der Waals surface area contributed by atoms with Gasteiger partial charge in [0.1, 0.15) is 5.60 Å².